The normalized spacial score (nSPS) is 22.9. The molecule has 2 unspecified atom stereocenters. The zero-order chi connectivity index (χ0) is 12.7. The molecule has 0 bridgehead atoms. The number of rotatable bonds is 4. The predicted molar refractivity (Wildman–Crippen MR) is 54.6 cm³/mol. The predicted octanol–water partition coefficient (Wildman–Crippen LogP) is 1.10. The van der Waals surface area contributed by atoms with Crippen LogP contribution in [0, 0.1) is 0 Å². The van der Waals surface area contributed by atoms with Crippen LogP contribution in [0.15, 0.2) is 0 Å². The van der Waals surface area contributed by atoms with E-state index in [9.17, 15) is 9.59 Å². The van der Waals surface area contributed by atoms with E-state index in [2.05, 4.69) is 9.47 Å². The van der Waals surface area contributed by atoms with Crippen LogP contribution in [-0.4, -0.2) is 52.0 Å². The second-order valence-corrected chi connectivity index (χ2v) is 3.49. The molecule has 0 saturated carbocycles. The van der Waals surface area contributed by atoms with Gasteiger partial charge in [-0.05, 0) is 12.8 Å². The minimum absolute atomic E-state index is 0.140. The van der Waals surface area contributed by atoms with Gasteiger partial charge in [0.2, 0.25) is 0 Å². The molecular weight excluding hydrogens is 232 g/mol. The molecule has 2 atom stereocenters. The van der Waals surface area contributed by atoms with E-state index in [-0.39, 0.29) is 25.4 Å². The maximum atomic E-state index is 10.7. The molecule has 7 nitrogen and oxygen atoms in total. The summed E-state index contributed by atoms with van der Waals surface area (Å²) < 4.78 is 23.6. The molecule has 0 aliphatic carbocycles. The lowest BCUT2D eigenvalue weighted by Gasteiger charge is -2.13. The molecule has 0 radical (unpaired) electrons. The highest BCUT2D eigenvalue weighted by molar-refractivity contribution is 5.59. The maximum absolute atomic E-state index is 10.7. The van der Waals surface area contributed by atoms with E-state index in [1.54, 1.807) is 0 Å². The molecular formula is C10H16O7. The molecule has 0 aromatic rings. The van der Waals surface area contributed by atoms with E-state index in [4.69, 9.17) is 14.2 Å². The van der Waals surface area contributed by atoms with Crippen LogP contribution in [0.4, 0.5) is 9.59 Å². The largest absolute Gasteiger partial charge is 0.508 e. The molecule has 0 N–H and O–H groups in total. The molecule has 0 spiro atoms. The fourth-order valence-corrected chi connectivity index (χ4v) is 1.47. The molecule has 1 saturated heterocycles. The SMILES string of the molecule is COC(=O)OCC1CCC(COC(=O)OC)O1. The molecule has 1 aliphatic heterocycles. The summed E-state index contributed by atoms with van der Waals surface area (Å²) in [6, 6.07) is 0. The van der Waals surface area contributed by atoms with E-state index in [0.717, 1.165) is 12.8 Å². The van der Waals surface area contributed by atoms with Crippen molar-refractivity contribution >= 4 is 12.3 Å². The first kappa shape index (κ1) is 13.6. The van der Waals surface area contributed by atoms with Crippen molar-refractivity contribution in [2.45, 2.75) is 25.0 Å². The number of hydrogen-bond acceptors (Lipinski definition) is 7. The Morgan fingerprint density at radius 2 is 1.41 bits per heavy atom. The van der Waals surface area contributed by atoms with Gasteiger partial charge in [-0.15, -0.1) is 0 Å². The zero-order valence-electron chi connectivity index (χ0n) is 9.84. The molecule has 0 aromatic carbocycles. The highest BCUT2D eigenvalue weighted by Crippen LogP contribution is 2.20. The van der Waals surface area contributed by atoms with Gasteiger partial charge in [0, 0.05) is 0 Å². The first-order chi connectivity index (χ1) is 8.15. The van der Waals surface area contributed by atoms with Gasteiger partial charge in [0.25, 0.3) is 0 Å². The number of hydrogen-bond donors (Lipinski definition) is 0. The Kier molecular flexibility index (Phi) is 5.55. The van der Waals surface area contributed by atoms with Crippen LogP contribution < -0.4 is 0 Å². The average Bonchev–Trinajstić information content (AvgIpc) is 2.80. The van der Waals surface area contributed by atoms with Crippen LogP contribution in [-0.2, 0) is 23.7 Å². The van der Waals surface area contributed by atoms with Gasteiger partial charge in [-0.3, -0.25) is 0 Å². The molecule has 0 amide bonds. The Bertz CT molecular complexity index is 239. The summed E-state index contributed by atoms with van der Waals surface area (Å²) in [4.78, 5) is 21.4. The Morgan fingerprint density at radius 1 is 1.00 bits per heavy atom. The fraction of sp³-hybridized carbons (Fsp3) is 0.800. The van der Waals surface area contributed by atoms with Crippen LogP contribution >= 0.6 is 0 Å². The van der Waals surface area contributed by atoms with E-state index in [1.165, 1.54) is 14.2 Å². The quantitative estimate of drug-likeness (QED) is 0.689. The first-order valence-electron chi connectivity index (χ1n) is 5.22. The van der Waals surface area contributed by atoms with E-state index < -0.39 is 12.3 Å². The summed E-state index contributed by atoms with van der Waals surface area (Å²) >= 11 is 0. The van der Waals surface area contributed by atoms with Gasteiger partial charge in [0.05, 0.1) is 26.4 Å². The zero-order valence-corrected chi connectivity index (χ0v) is 9.84. The first-order valence-corrected chi connectivity index (χ1v) is 5.22. The van der Waals surface area contributed by atoms with Gasteiger partial charge in [-0.25, -0.2) is 9.59 Å². The molecule has 98 valence electrons. The lowest BCUT2D eigenvalue weighted by atomic mass is 10.2. The van der Waals surface area contributed by atoms with Gasteiger partial charge in [-0.1, -0.05) is 0 Å². The van der Waals surface area contributed by atoms with E-state index in [1.807, 2.05) is 0 Å². The van der Waals surface area contributed by atoms with Gasteiger partial charge in [-0.2, -0.15) is 0 Å². The Morgan fingerprint density at radius 3 is 1.76 bits per heavy atom. The maximum Gasteiger partial charge on any atom is 0.508 e. The Balaban J connectivity index is 2.14. The van der Waals surface area contributed by atoms with Gasteiger partial charge in [0.1, 0.15) is 13.2 Å². The highest BCUT2D eigenvalue weighted by atomic mass is 16.7. The highest BCUT2D eigenvalue weighted by Gasteiger charge is 2.27. The topological polar surface area (TPSA) is 80.3 Å². The van der Waals surface area contributed by atoms with Gasteiger partial charge in [0.15, 0.2) is 0 Å². The van der Waals surface area contributed by atoms with Crippen molar-refractivity contribution < 1.29 is 33.3 Å². The number of methoxy groups -OCH3 is 2. The van der Waals surface area contributed by atoms with Crippen LogP contribution in [0.1, 0.15) is 12.8 Å². The van der Waals surface area contributed by atoms with Gasteiger partial charge >= 0.3 is 12.3 Å². The van der Waals surface area contributed by atoms with Crippen molar-refractivity contribution in [2.24, 2.45) is 0 Å². The smallest absolute Gasteiger partial charge is 0.438 e. The van der Waals surface area contributed by atoms with E-state index >= 15 is 0 Å². The lowest BCUT2D eigenvalue weighted by molar-refractivity contribution is -0.0360. The third kappa shape index (κ3) is 4.90. The van der Waals surface area contributed by atoms with Crippen molar-refractivity contribution in [1.29, 1.82) is 0 Å². The summed E-state index contributed by atoms with van der Waals surface area (Å²) in [7, 11) is 2.48. The second-order valence-electron chi connectivity index (χ2n) is 3.49. The van der Waals surface area contributed by atoms with Crippen molar-refractivity contribution in [2.75, 3.05) is 27.4 Å². The van der Waals surface area contributed by atoms with Crippen molar-refractivity contribution in [3.8, 4) is 0 Å². The monoisotopic (exact) mass is 248 g/mol. The van der Waals surface area contributed by atoms with E-state index in [0.29, 0.717) is 0 Å². The minimum atomic E-state index is -0.733. The average molecular weight is 248 g/mol. The third-order valence-electron chi connectivity index (χ3n) is 2.30. The summed E-state index contributed by atoms with van der Waals surface area (Å²) in [5, 5.41) is 0. The number of carbonyl (C=O) groups excluding carboxylic acids is 2. The molecule has 1 fully saturated rings. The standard InChI is InChI=1S/C10H16O7/c1-13-9(11)15-5-7-3-4-8(17-7)6-16-10(12)14-2/h7-8H,3-6H2,1-2H3. The molecule has 1 rings (SSSR count). The molecule has 0 aromatic heterocycles. The van der Waals surface area contributed by atoms with Crippen molar-refractivity contribution in [3.63, 3.8) is 0 Å². The second kappa shape index (κ2) is 6.95. The van der Waals surface area contributed by atoms with Crippen molar-refractivity contribution in [1.82, 2.24) is 0 Å². The van der Waals surface area contributed by atoms with Crippen LogP contribution in [0.3, 0.4) is 0 Å². The summed E-state index contributed by atoms with van der Waals surface area (Å²) in [5.74, 6) is 0. The summed E-state index contributed by atoms with van der Waals surface area (Å²) in [6.45, 7) is 0.281. The van der Waals surface area contributed by atoms with Gasteiger partial charge < -0.3 is 23.7 Å². The lowest BCUT2D eigenvalue weighted by Crippen LogP contribution is -2.23. The van der Waals surface area contributed by atoms with Crippen LogP contribution in [0.5, 0.6) is 0 Å². The van der Waals surface area contributed by atoms with Crippen LogP contribution in [0.25, 0.3) is 0 Å². The third-order valence-corrected chi connectivity index (χ3v) is 2.30. The van der Waals surface area contributed by atoms with Crippen molar-refractivity contribution in [3.05, 3.63) is 0 Å². The summed E-state index contributed by atoms with van der Waals surface area (Å²) in [5.41, 5.74) is 0. The number of ether oxygens (including phenoxy) is 5. The minimum Gasteiger partial charge on any atom is -0.438 e. The molecule has 1 aliphatic rings. The fourth-order valence-electron chi connectivity index (χ4n) is 1.47. The Hall–Kier alpha value is -1.50. The number of carbonyl (C=O) groups is 2. The molecule has 17 heavy (non-hydrogen) atoms. The van der Waals surface area contributed by atoms with Crippen LogP contribution in [0.2, 0.25) is 0 Å². The molecule has 1 heterocycles. The molecule has 7 heteroatoms. The summed E-state index contributed by atoms with van der Waals surface area (Å²) in [6.07, 6.45) is -0.343. The Labute approximate surface area is 98.9 Å².